The highest BCUT2D eigenvalue weighted by Gasteiger charge is 2.34. The van der Waals surface area contributed by atoms with Gasteiger partial charge in [0.25, 0.3) is 0 Å². The van der Waals surface area contributed by atoms with Gasteiger partial charge in [0.1, 0.15) is 0 Å². The van der Waals surface area contributed by atoms with Crippen molar-refractivity contribution in [2.45, 2.75) is 31.7 Å². The molecule has 0 spiro atoms. The van der Waals surface area contributed by atoms with E-state index in [-0.39, 0.29) is 18.1 Å². The first-order valence-corrected chi connectivity index (χ1v) is 7.22. The summed E-state index contributed by atoms with van der Waals surface area (Å²) in [5.41, 5.74) is 2.20. The zero-order valence-electron chi connectivity index (χ0n) is 13.0. The van der Waals surface area contributed by atoms with Gasteiger partial charge in [0, 0.05) is 27.3 Å². The van der Waals surface area contributed by atoms with Crippen LogP contribution in [0.25, 0.3) is 0 Å². The molecule has 1 fully saturated rings. The van der Waals surface area contributed by atoms with E-state index in [1.807, 2.05) is 36.2 Å². The molecule has 1 aromatic carbocycles. The summed E-state index contributed by atoms with van der Waals surface area (Å²) in [6.45, 7) is 1.89. The molecule has 0 unspecified atom stereocenters. The molecule has 1 aliphatic rings. The number of rotatable bonds is 6. The molecule has 5 heteroatoms. The molecule has 1 N–H and O–H groups in total. The monoisotopic (exact) mass is 292 g/mol. The molecule has 1 amide bonds. The molecule has 1 aromatic rings. The van der Waals surface area contributed by atoms with Crippen molar-refractivity contribution < 1.29 is 14.3 Å². The lowest BCUT2D eigenvalue weighted by Crippen LogP contribution is -2.41. The number of likely N-dealkylation sites (tertiary alicyclic amines) is 1. The molecule has 1 saturated heterocycles. The van der Waals surface area contributed by atoms with Crippen LogP contribution in [-0.4, -0.2) is 50.8 Å². The topological polar surface area (TPSA) is 50.8 Å². The molecular weight excluding hydrogens is 268 g/mol. The first-order chi connectivity index (χ1) is 10.2. The Bertz CT molecular complexity index is 478. The normalized spacial score (nSPS) is 22.4. The summed E-state index contributed by atoms with van der Waals surface area (Å²) in [5, 5.41) is 3.02. The molecular formula is C16H24N2O3. The second-order valence-electron chi connectivity index (χ2n) is 5.47. The largest absolute Gasteiger partial charge is 0.380 e. The van der Waals surface area contributed by atoms with Crippen molar-refractivity contribution in [1.82, 2.24) is 10.2 Å². The average Bonchev–Trinajstić information content (AvgIpc) is 2.87. The van der Waals surface area contributed by atoms with Crippen LogP contribution in [0.4, 0.5) is 0 Å². The number of likely N-dealkylation sites (N-methyl/N-ethyl adjacent to an activating group) is 1. The summed E-state index contributed by atoms with van der Waals surface area (Å²) >= 11 is 0. The predicted octanol–water partition coefficient (Wildman–Crippen LogP) is 1.17. The fraction of sp³-hybridized carbons (Fsp3) is 0.562. The highest BCUT2D eigenvalue weighted by atomic mass is 16.5. The van der Waals surface area contributed by atoms with E-state index in [9.17, 15) is 4.79 Å². The summed E-state index contributed by atoms with van der Waals surface area (Å²) in [5.74, 6) is 0.0595. The van der Waals surface area contributed by atoms with Crippen molar-refractivity contribution in [2.24, 2.45) is 0 Å². The van der Waals surface area contributed by atoms with Crippen LogP contribution in [0.5, 0.6) is 0 Å². The Balaban J connectivity index is 1.92. The van der Waals surface area contributed by atoms with Crippen LogP contribution in [0.1, 0.15) is 17.5 Å². The van der Waals surface area contributed by atoms with Crippen LogP contribution in [0.3, 0.4) is 0 Å². The van der Waals surface area contributed by atoms with Gasteiger partial charge in [-0.25, -0.2) is 0 Å². The molecule has 116 valence electrons. The van der Waals surface area contributed by atoms with E-state index < -0.39 is 0 Å². The third kappa shape index (κ3) is 4.03. The number of hydrogen-bond acceptors (Lipinski definition) is 4. The van der Waals surface area contributed by atoms with Gasteiger partial charge in [-0.1, -0.05) is 24.3 Å². The molecule has 1 heterocycles. The zero-order chi connectivity index (χ0) is 15.2. The van der Waals surface area contributed by atoms with Gasteiger partial charge in [0.2, 0.25) is 5.91 Å². The molecule has 1 aliphatic heterocycles. The third-order valence-corrected chi connectivity index (χ3v) is 4.02. The third-order valence-electron chi connectivity index (χ3n) is 4.02. The average molecular weight is 292 g/mol. The Morgan fingerprint density at radius 3 is 2.67 bits per heavy atom. The number of nitrogens with one attached hydrogen (secondary N) is 1. The maximum Gasteiger partial charge on any atom is 0.237 e. The van der Waals surface area contributed by atoms with Gasteiger partial charge in [-0.2, -0.15) is 0 Å². The highest BCUT2D eigenvalue weighted by Crippen LogP contribution is 2.18. The Morgan fingerprint density at radius 1 is 1.33 bits per heavy atom. The molecule has 5 nitrogen and oxygen atoms in total. The van der Waals surface area contributed by atoms with Crippen molar-refractivity contribution >= 4 is 5.91 Å². The molecule has 0 saturated carbocycles. The van der Waals surface area contributed by atoms with E-state index in [0.717, 1.165) is 24.1 Å². The predicted molar refractivity (Wildman–Crippen MR) is 80.8 cm³/mol. The molecule has 0 aliphatic carbocycles. The van der Waals surface area contributed by atoms with Gasteiger partial charge in [-0.05, 0) is 24.6 Å². The Kier molecular flexibility index (Phi) is 5.73. The number of benzene rings is 1. The second kappa shape index (κ2) is 7.54. The quantitative estimate of drug-likeness (QED) is 0.855. The van der Waals surface area contributed by atoms with Gasteiger partial charge in [-0.3, -0.25) is 9.69 Å². The lowest BCUT2D eigenvalue weighted by Gasteiger charge is -2.18. The number of nitrogens with zero attached hydrogens (tertiary/aromatic N) is 1. The van der Waals surface area contributed by atoms with E-state index >= 15 is 0 Å². The number of ether oxygens (including phenoxy) is 2. The van der Waals surface area contributed by atoms with Crippen LogP contribution >= 0.6 is 0 Å². The van der Waals surface area contributed by atoms with Gasteiger partial charge in [0.15, 0.2) is 0 Å². The van der Waals surface area contributed by atoms with Crippen LogP contribution in [0.2, 0.25) is 0 Å². The van der Waals surface area contributed by atoms with Crippen LogP contribution < -0.4 is 5.32 Å². The summed E-state index contributed by atoms with van der Waals surface area (Å²) in [7, 11) is 5.33. The van der Waals surface area contributed by atoms with Crippen molar-refractivity contribution in [2.75, 3.05) is 27.8 Å². The summed E-state index contributed by atoms with van der Waals surface area (Å²) in [6.07, 6.45) is 0.893. The van der Waals surface area contributed by atoms with Gasteiger partial charge in [0.05, 0.1) is 18.8 Å². The van der Waals surface area contributed by atoms with Gasteiger partial charge >= 0.3 is 0 Å². The number of carbonyl (C=O) groups excluding carboxylic acids is 1. The minimum atomic E-state index is -0.107. The maximum atomic E-state index is 12.3. The summed E-state index contributed by atoms with van der Waals surface area (Å²) < 4.78 is 10.5. The van der Waals surface area contributed by atoms with Crippen molar-refractivity contribution in [1.29, 1.82) is 0 Å². The Labute approximate surface area is 126 Å². The molecule has 21 heavy (non-hydrogen) atoms. The van der Waals surface area contributed by atoms with Crippen LogP contribution in [0.15, 0.2) is 24.3 Å². The van der Waals surface area contributed by atoms with Crippen molar-refractivity contribution in [3.05, 3.63) is 35.4 Å². The van der Waals surface area contributed by atoms with Crippen molar-refractivity contribution in [3.8, 4) is 0 Å². The summed E-state index contributed by atoms with van der Waals surface area (Å²) in [6, 6.07) is 7.89. The van der Waals surface area contributed by atoms with Crippen molar-refractivity contribution in [3.63, 3.8) is 0 Å². The first kappa shape index (κ1) is 15.9. The second-order valence-corrected chi connectivity index (χ2v) is 5.47. The SMILES string of the molecule is COCc1ccccc1CNC(=O)[C@@H]1C[C@H](OC)CN1C. The minimum absolute atomic E-state index is 0.0595. The smallest absolute Gasteiger partial charge is 0.237 e. The first-order valence-electron chi connectivity index (χ1n) is 7.22. The number of methoxy groups -OCH3 is 2. The fourth-order valence-corrected chi connectivity index (χ4v) is 2.76. The lowest BCUT2D eigenvalue weighted by atomic mass is 10.1. The number of amides is 1. The minimum Gasteiger partial charge on any atom is -0.380 e. The molecule has 2 rings (SSSR count). The van der Waals surface area contributed by atoms with E-state index in [4.69, 9.17) is 9.47 Å². The standard InChI is InChI=1S/C16H24N2O3/c1-18-10-14(21-3)8-15(18)16(19)17-9-12-6-4-5-7-13(12)11-20-2/h4-7,14-15H,8-11H2,1-3H3,(H,17,19)/t14-,15-/m0/s1. The Hall–Kier alpha value is -1.43. The van der Waals surface area contributed by atoms with Gasteiger partial charge in [-0.15, -0.1) is 0 Å². The fourth-order valence-electron chi connectivity index (χ4n) is 2.76. The highest BCUT2D eigenvalue weighted by molar-refractivity contribution is 5.82. The maximum absolute atomic E-state index is 12.3. The van der Waals surface area contributed by atoms with E-state index in [2.05, 4.69) is 5.32 Å². The van der Waals surface area contributed by atoms with Crippen LogP contribution in [-0.2, 0) is 27.4 Å². The molecule has 0 aromatic heterocycles. The molecule has 0 bridgehead atoms. The van der Waals surface area contributed by atoms with E-state index in [0.29, 0.717) is 13.2 Å². The molecule has 2 atom stereocenters. The van der Waals surface area contributed by atoms with E-state index in [1.165, 1.54) is 0 Å². The summed E-state index contributed by atoms with van der Waals surface area (Å²) in [4.78, 5) is 14.4. The van der Waals surface area contributed by atoms with Gasteiger partial charge < -0.3 is 14.8 Å². The zero-order valence-corrected chi connectivity index (χ0v) is 13.0. The Morgan fingerprint density at radius 2 is 2.05 bits per heavy atom. The lowest BCUT2D eigenvalue weighted by molar-refractivity contribution is -0.125. The van der Waals surface area contributed by atoms with E-state index in [1.54, 1.807) is 14.2 Å². The number of hydrogen-bond donors (Lipinski definition) is 1. The van der Waals surface area contributed by atoms with Crippen LogP contribution in [0, 0.1) is 0 Å². The molecule has 0 radical (unpaired) electrons. The number of carbonyl (C=O) groups is 1.